The van der Waals surface area contributed by atoms with E-state index >= 15 is 0 Å². The van der Waals surface area contributed by atoms with Crippen LogP contribution in [0.5, 0.6) is 0 Å². The second-order valence-electron chi connectivity index (χ2n) is 7.12. The van der Waals surface area contributed by atoms with Crippen molar-refractivity contribution in [3.8, 4) is 0 Å². The van der Waals surface area contributed by atoms with Gasteiger partial charge in [0, 0.05) is 17.8 Å². The fraction of sp³-hybridized carbons (Fsp3) is 0.381. The molecule has 1 fully saturated rings. The van der Waals surface area contributed by atoms with E-state index in [0.717, 1.165) is 42.4 Å². The molecule has 140 valence electrons. The molecule has 6 heteroatoms. The number of nitrogens with one attached hydrogen (secondary N) is 1. The Morgan fingerprint density at radius 1 is 1.19 bits per heavy atom. The van der Waals surface area contributed by atoms with Crippen LogP contribution in [-0.4, -0.2) is 36.9 Å². The molecule has 2 aromatic heterocycles. The van der Waals surface area contributed by atoms with E-state index in [1.54, 1.807) is 6.20 Å². The highest BCUT2D eigenvalue weighted by Crippen LogP contribution is 2.26. The fourth-order valence-corrected chi connectivity index (χ4v) is 3.86. The third-order valence-corrected chi connectivity index (χ3v) is 5.26. The summed E-state index contributed by atoms with van der Waals surface area (Å²) in [5.74, 6) is 0.529. The minimum atomic E-state index is -0.147. The molecule has 0 unspecified atom stereocenters. The number of aromatic nitrogens is 3. The molecule has 0 saturated heterocycles. The molecule has 0 bridgehead atoms. The summed E-state index contributed by atoms with van der Waals surface area (Å²) in [4.78, 5) is 27.1. The molecule has 6 nitrogen and oxygen atoms in total. The molecule has 1 aromatic carbocycles. The van der Waals surface area contributed by atoms with Gasteiger partial charge in [0.25, 0.3) is 5.91 Å². The van der Waals surface area contributed by atoms with Crippen LogP contribution in [0.2, 0.25) is 0 Å². The molecular weight excluding hydrogens is 340 g/mol. The molecule has 1 aliphatic carbocycles. The number of aromatic amines is 1. The van der Waals surface area contributed by atoms with E-state index in [-0.39, 0.29) is 18.6 Å². The van der Waals surface area contributed by atoms with Crippen LogP contribution in [0.4, 0.5) is 0 Å². The van der Waals surface area contributed by atoms with E-state index in [4.69, 9.17) is 0 Å². The third kappa shape index (κ3) is 3.85. The van der Waals surface area contributed by atoms with Gasteiger partial charge in [0.15, 0.2) is 0 Å². The first-order chi connectivity index (χ1) is 13.2. The zero-order valence-corrected chi connectivity index (χ0v) is 15.3. The molecule has 2 N–H and O–H groups in total. The average Bonchev–Trinajstić information content (AvgIpc) is 3.15. The Labute approximate surface area is 158 Å². The zero-order chi connectivity index (χ0) is 18.6. The number of pyridine rings is 1. The second kappa shape index (κ2) is 7.88. The molecule has 4 rings (SSSR count). The summed E-state index contributed by atoms with van der Waals surface area (Å²) >= 11 is 0. The highest BCUT2D eigenvalue weighted by molar-refractivity contribution is 5.97. The topological polar surface area (TPSA) is 82.1 Å². The summed E-state index contributed by atoms with van der Waals surface area (Å²) in [6, 6.07) is 11.5. The zero-order valence-electron chi connectivity index (χ0n) is 15.3. The van der Waals surface area contributed by atoms with Crippen LogP contribution < -0.4 is 0 Å². The Kier molecular flexibility index (Phi) is 5.16. The Morgan fingerprint density at radius 3 is 2.78 bits per heavy atom. The van der Waals surface area contributed by atoms with E-state index in [1.807, 2.05) is 41.3 Å². The van der Waals surface area contributed by atoms with E-state index < -0.39 is 0 Å². The van der Waals surface area contributed by atoms with Crippen LogP contribution in [0.25, 0.3) is 11.0 Å². The highest BCUT2D eigenvalue weighted by Gasteiger charge is 2.27. The first-order valence-electron chi connectivity index (χ1n) is 9.55. The summed E-state index contributed by atoms with van der Waals surface area (Å²) in [5, 5.41) is 9.26. The summed E-state index contributed by atoms with van der Waals surface area (Å²) in [7, 11) is 0. The number of aliphatic hydroxyl groups is 1. The van der Waals surface area contributed by atoms with Gasteiger partial charge < -0.3 is 15.0 Å². The summed E-state index contributed by atoms with van der Waals surface area (Å²) in [6.45, 7) is 0.374. The summed E-state index contributed by atoms with van der Waals surface area (Å²) in [6.07, 6.45) is 7.42. The Bertz CT molecular complexity index is 916. The lowest BCUT2D eigenvalue weighted by molar-refractivity contribution is 0.0611. The van der Waals surface area contributed by atoms with Crippen molar-refractivity contribution in [3.63, 3.8) is 0 Å². The van der Waals surface area contributed by atoms with Crippen molar-refractivity contribution < 1.29 is 9.90 Å². The van der Waals surface area contributed by atoms with Gasteiger partial charge in [-0.05, 0) is 43.2 Å². The van der Waals surface area contributed by atoms with Crippen molar-refractivity contribution in [2.45, 2.75) is 51.3 Å². The van der Waals surface area contributed by atoms with Gasteiger partial charge in [-0.25, -0.2) is 4.98 Å². The number of imidazole rings is 1. The van der Waals surface area contributed by atoms with Gasteiger partial charge >= 0.3 is 0 Å². The van der Waals surface area contributed by atoms with Gasteiger partial charge in [-0.2, -0.15) is 0 Å². The van der Waals surface area contributed by atoms with Crippen molar-refractivity contribution in [3.05, 3.63) is 59.7 Å². The van der Waals surface area contributed by atoms with Crippen molar-refractivity contribution in [2.24, 2.45) is 0 Å². The third-order valence-electron chi connectivity index (χ3n) is 5.26. The van der Waals surface area contributed by atoms with E-state index in [9.17, 15) is 9.90 Å². The highest BCUT2D eigenvalue weighted by atomic mass is 16.3. The smallest absolute Gasteiger partial charge is 0.254 e. The van der Waals surface area contributed by atoms with E-state index in [0.29, 0.717) is 17.9 Å². The number of carbonyl (C=O) groups excluding carboxylic acids is 1. The lowest BCUT2D eigenvalue weighted by atomic mass is 9.93. The van der Waals surface area contributed by atoms with Gasteiger partial charge in [-0.3, -0.25) is 9.78 Å². The van der Waals surface area contributed by atoms with Crippen LogP contribution >= 0.6 is 0 Å². The first kappa shape index (κ1) is 17.7. The monoisotopic (exact) mass is 364 g/mol. The molecule has 0 atom stereocenters. The Hall–Kier alpha value is -2.73. The number of hydrogen-bond acceptors (Lipinski definition) is 4. The molecule has 0 spiro atoms. The van der Waals surface area contributed by atoms with E-state index in [2.05, 4.69) is 15.0 Å². The number of hydrogen-bond donors (Lipinski definition) is 2. The number of benzene rings is 1. The molecular formula is C21H24N4O2. The Balaban J connectivity index is 1.64. The maximum Gasteiger partial charge on any atom is 0.254 e. The van der Waals surface area contributed by atoms with Crippen LogP contribution in [0.3, 0.4) is 0 Å². The maximum absolute atomic E-state index is 13.4. The molecule has 3 aromatic rings. The number of aliphatic hydroxyl groups excluding tert-OH is 1. The van der Waals surface area contributed by atoms with Crippen LogP contribution in [0.15, 0.2) is 42.6 Å². The van der Waals surface area contributed by atoms with Crippen LogP contribution in [-0.2, 0) is 13.2 Å². The first-order valence-corrected chi connectivity index (χ1v) is 9.55. The number of carbonyl (C=O) groups is 1. The SMILES string of the molecule is O=C(c1ccc2nc(CO)[nH]c2c1)N(Cc1ccccn1)C1CCCCC1. The largest absolute Gasteiger partial charge is 0.388 e. The van der Waals surface area contributed by atoms with Crippen LogP contribution in [0, 0.1) is 0 Å². The van der Waals surface area contributed by atoms with Crippen molar-refractivity contribution in [2.75, 3.05) is 0 Å². The number of amides is 1. The van der Waals surface area contributed by atoms with Gasteiger partial charge in [0.2, 0.25) is 0 Å². The number of rotatable bonds is 5. The fourth-order valence-electron chi connectivity index (χ4n) is 3.86. The predicted molar refractivity (Wildman–Crippen MR) is 103 cm³/mol. The number of nitrogens with zero attached hydrogens (tertiary/aromatic N) is 3. The normalized spacial score (nSPS) is 15.1. The second-order valence-corrected chi connectivity index (χ2v) is 7.12. The minimum Gasteiger partial charge on any atom is -0.388 e. The average molecular weight is 364 g/mol. The standard InChI is InChI=1S/C21H24N4O2/c26-14-20-23-18-10-9-15(12-19(18)24-20)21(27)25(17-7-2-1-3-8-17)13-16-6-4-5-11-22-16/h4-6,9-12,17,26H,1-3,7-8,13-14H2,(H,23,24). The molecule has 0 aliphatic heterocycles. The lowest BCUT2D eigenvalue weighted by Gasteiger charge is -2.34. The minimum absolute atomic E-state index is 0.0228. The summed E-state index contributed by atoms with van der Waals surface area (Å²) in [5.41, 5.74) is 3.06. The van der Waals surface area contributed by atoms with E-state index in [1.165, 1.54) is 6.42 Å². The molecule has 0 radical (unpaired) electrons. The molecule has 1 amide bonds. The summed E-state index contributed by atoms with van der Waals surface area (Å²) < 4.78 is 0. The van der Waals surface area contributed by atoms with Gasteiger partial charge in [0.05, 0.1) is 23.3 Å². The van der Waals surface area contributed by atoms with Gasteiger partial charge in [0.1, 0.15) is 12.4 Å². The lowest BCUT2D eigenvalue weighted by Crippen LogP contribution is -2.41. The maximum atomic E-state index is 13.4. The van der Waals surface area contributed by atoms with Crippen LogP contribution in [0.1, 0.15) is 54.0 Å². The number of H-pyrrole nitrogens is 1. The predicted octanol–water partition coefficient (Wildman–Crippen LogP) is 3.43. The molecule has 1 aliphatic rings. The number of fused-ring (bicyclic) bond motifs is 1. The molecule has 27 heavy (non-hydrogen) atoms. The van der Waals surface area contributed by atoms with Crippen molar-refractivity contribution >= 4 is 16.9 Å². The quantitative estimate of drug-likeness (QED) is 0.727. The van der Waals surface area contributed by atoms with Crippen molar-refractivity contribution in [1.82, 2.24) is 19.9 Å². The van der Waals surface area contributed by atoms with Gasteiger partial charge in [-0.15, -0.1) is 0 Å². The van der Waals surface area contributed by atoms with Crippen molar-refractivity contribution in [1.29, 1.82) is 0 Å². The Morgan fingerprint density at radius 2 is 2.04 bits per heavy atom. The van der Waals surface area contributed by atoms with Gasteiger partial charge in [-0.1, -0.05) is 25.3 Å². The molecule has 1 saturated carbocycles. The molecule has 2 heterocycles.